The summed E-state index contributed by atoms with van der Waals surface area (Å²) in [6.07, 6.45) is 2.10. The van der Waals surface area contributed by atoms with E-state index in [9.17, 15) is 9.59 Å². The predicted molar refractivity (Wildman–Crippen MR) is 123 cm³/mol. The van der Waals surface area contributed by atoms with Crippen LogP contribution in [0.1, 0.15) is 11.3 Å². The van der Waals surface area contributed by atoms with E-state index in [-0.39, 0.29) is 11.1 Å². The first-order valence-corrected chi connectivity index (χ1v) is 10.5. The summed E-state index contributed by atoms with van der Waals surface area (Å²) in [5.41, 5.74) is 3.00. The minimum Gasteiger partial charge on any atom is -0.321 e. The number of hydrogen-bond acceptors (Lipinski definition) is 4. The second-order valence-electron chi connectivity index (χ2n) is 6.74. The topological polar surface area (TPSA) is 78.6 Å². The molecule has 4 aromatic rings. The van der Waals surface area contributed by atoms with Crippen LogP contribution in [0.3, 0.4) is 0 Å². The van der Waals surface area contributed by atoms with E-state index >= 15 is 0 Å². The first-order chi connectivity index (χ1) is 14.5. The Hall–Kier alpha value is -3.09. The summed E-state index contributed by atoms with van der Waals surface area (Å²) in [5, 5.41) is 1.74. The van der Waals surface area contributed by atoms with Crippen LogP contribution in [0.5, 0.6) is 0 Å². The zero-order chi connectivity index (χ0) is 21.3. The second kappa shape index (κ2) is 8.34. The normalized spacial score (nSPS) is 11.0. The van der Waals surface area contributed by atoms with Gasteiger partial charge in [0, 0.05) is 32.7 Å². The molecule has 2 aromatic carbocycles. The van der Waals surface area contributed by atoms with E-state index in [1.807, 2.05) is 36.4 Å². The number of benzene rings is 2. The Morgan fingerprint density at radius 3 is 2.57 bits per heavy atom. The summed E-state index contributed by atoms with van der Waals surface area (Å²) in [7, 11) is 0. The van der Waals surface area contributed by atoms with Crippen molar-refractivity contribution in [2.24, 2.45) is 0 Å². The van der Waals surface area contributed by atoms with Crippen molar-refractivity contribution in [3.63, 3.8) is 0 Å². The summed E-state index contributed by atoms with van der Waals surface area (Å²) in [5.74, 6) is 0. The van der Waals surface area contributed by atoms with Crippen LogP contribution in [0.2, 0.25) is 5.02 Å². The van der Waals surface area contributed by atoms with Crippen molar-refractivity contribution in [1.29, 1.82) is 0 Å². The fourth-order valence-electron chi connectivity index (χ4n) is 3.35. The summed E-state index contributed by atoms with van der Waals surface area (Å²) in [6, 6.07) is 15.0. The van der Waals surface area contributed by atoms with Crippen LogP contribution in [0.25, 0.3) is 22.0 Å². The van der Waals surface area contributed by atoms with Crippen LogP contribution in [-0.2, 0) is 6.42 Å². The third-order valence-electron chi connectivity index (χ3n) is 4.74. The lowest BCUT2D eigenvalue weighted by molar-refractivity contribution is 0.870. The number of halogens is 1. The van der Waals surface area contributed by atoms with Gasteiger partial charge in [-0.3, -0.25) is 9.59 Å². The molecular formula is C23H18ClN3O2S. The molecule has 0 saturated carbocycles. The van der Waals surface area contributed by atoms with E-state index in [1.54, 1.807) is 25.1 Å². The van der Waals surface area contributed by atoms with Crippen molar-refractivity contribution in [1.82, 2.24) is 15.0 Å². The van der Waals surface area contributed by atoms with Gasteiger partial charge in [-0.1, -0.05) is 48.0 Å². The molecule has 0 amide bonds. The number of aromatic nitrogens is 3. The average molecular weight is 436 g/mol. The van der Waals surface area contributed by atoms with E-state index in [0.717, 1.165) is 28.3 Å². The van der Waals surface area contributed by atoms with Crippen molar-refractivity contribution in [3.05, 3.63) is 98.2 Å². The maximum Gasteiger partial charge on any atom is 0.263 e. The summed E-state index contributed by atoms with van der Waals surface area (Å²) >= 11 is 7.38. The third-order valence-corrected chi connectivity index (χ3v) is 5.96. The molecule has 0 bridgehead atoms. The summed E-state index contributed by atoms with van der Waals surface area (Å²) in [4.78, 5) is 36.1. The molecule has 0 spiro atoms. The zero-order valence-corrected chi connectivity index (χ0v) is 17.7. The molecule has 2 aromatic heterocycles. The van der Waals surface area contributed by atoms with Gasteiger partial charge in [0.2, 0.25) is 0 Å². The molecule has 0 fully saturated rings. The Bertz CT molecular complexity index is 1380. The van der Waals surface area contributed by atoms with Crippen molar-refractivity contribution in [3.8, 4) is 11.1 Å². The van der Waals surface area contributed by atoms with E-state index in [4.69, 9.17) is 11.6 Å². The smallest absolute Gasteiger partial charge is 0.263 e. The molecule has 0 atom stereocenters. The molecule has 0 saturated heterocycles. The molecule has 0 unspecified atom stereocenters. The predicted octanol–water partition coefficient (Wildman–Crippen LogP) is 5.12. The molecule has 2 N–H and O–H groups in total. The highest BCUT2D eigenvalue weighted by atomic mass is 35.5. The highest BCUT2D eigenvalue weighted by molar-refractivity contribution is 7.99. The van der Waals surface area contributed by atoms with Crippen molar-refractivity contribution >= 4 is 34.3 Å². The molecule has 30 heavy (non-hydrogen) atoms. The van der Waals surface area contributed by atoms with Gasteiger partial charge in [0.1, 0.15) is 0 Å². The fraction of sp³-hybridized carbons (Fsp3) is 0.0870. The summed E-state index contributed by atoms with van der Waals surface area (Å²) in [6.45, 7) is 5.46. The van der Waals surface area contributed by atoms with Gasteiger partial charge in [0.05, 0.1) is 4.90 Å². The van der Waals surface area contributed by atoms with Crippen LogP contribution >= 0.6 is 23.4 Å². The number of allylic oxidation sites excluding steroid dienone is 1. The number of H-pyrrole nitrogens is 2. The Balaban J connectivity index is 1.95. The minimum absolute atomic E-state index is 0.230. The number of rotatable bonds is 5. The molecule has 4 rings (SSSR count). The number of nitrogens with zero attached hydrogens (tertiary/aromatic N) is 1. The SMILES string of the molecule is C=CCc1c(C)nc(Sc2c(-c3ccccc3)c3cc(Cl)ccc3[nH]c2=O)[nH]c1=O. The second-order valence-corrected chi connectivity index (χ2v) is 8.18. The molecule has 0 aliphatic heterocycles. The number of aromatic amines is 2. The minimum atomic E-state index is -0.260. The highest BCUT2D eigenvalue weighted by Crippen LogP contribution is 2.37. The van der Waals surface area contributed by atoms with Crippen LogP contribution in [0.4, 0.5) is 0 Å². The van der Waals surface area contributed by atoms with Crippen molar-refractivity contribution in [2.45, 2.75) is 23.4 Å². The molecular weight excluding hydrogens is 418 g/mol. The Kier molecular flexibility index (Phi) is 5.61. The van der Waals surface area contributed by atoms with E-state index in [1.165, 1.54) is 0 Å². The van der Waals surface area contributed by atoms with Gasteiger partial charge in [0.25, 0.3) is 11.1 Å². The lowest BCUT2D eigenvalue weighted by Gasteiger charge is -2.13. The van der Waals surface area contributed by atoms with Crippen LogP contribution in [-0.4, -0.2) is 15.0 Å². The number of pyridine rings is 1. The van der Waals surface area contributed by atoms with Gasteiger partial charge >= 0.3 is 0 Å². The first-order valence-electron chi connectivity index (χ1n) is 9.27. The lowest BCUT2D eigenvalue weighted by atomic mass is 10.0. The maximum atomic E-state index is 13.0. The number of hydrogen-bond donors (Lipinski definition) is 2. The van der Waals surface area contributed by atoms with Gasteiger partial charge in [-0.2, -0.15) is 0 Å². The number of nitrogens with one attached hydrogen (secondary N) is 2. The Morgan fingerprint density at radius 1 is 1.10 bits per heavy atom. The maximum absolute atomic E-state index is 13.0. The molecule has 0 radical (unpaired) electrons. The van der Waals surface area contributed by atoms with Crippen LogP contribution in [0.15, 0.2) is 80.8 Å². The Labute approximate surface area is 181 Å². The number of aryl methyl sites for hydroxylation is 1. The molecule has 150 valence electrons. The molecule has 5 nitrogen and oxygen atoms in total. The monoisotopic (exact) mass is 435 g/mol. The largest absolute Gasteiger partial charge is 0.321 e. The Morgan fingerprint density at radius 2 is 1.87 bits per heavy atom. The molecule has 2 heterocycles. The third kappa shape index (κ3) is 3.84. The van der Waals surface area contributed by atoms with Gasteiger partial charge in [-0.05, 0) is 48.9 Å². The van der Waals surface area contributed by atoms with E-state index < -0.39 is 0 Å². The number of fused-ring (bicyclic) bond motifs is 1. The van der Waals surface area contributed by atoms with Crippen LogP contribution < -0.4 is 11.1 Å². The fourth-order valence-corrected chi connectivity index (χ4v) is 4.52. The van der Waals surface area contributed by atoms with Crippen molar-refractivity contribution < 1.29 is 0 Å². The van der Waals surface area contributed by atoms with E-state index in [2.05, 4.69) is 21.5 Å². The molecule has 0 aliphatic carbocycles. The van der Waals surface area contributed by atoms with Crippen molar-refractivity contribution in [2.75, 3.05) is 0 Å². The standard InChI is InChI=1S/C23H18ClN3O2S/c1-3-7-16-13(2)25-23(27-21(16)28)30-20-19(14-8-5-4-6-9-14)17-12-15(24)10-11-18(17)26-22(20)29/h3-6,8-12H,1,7H2,2H3,(H,26,29)(H,25,27,28). The van der Waals surface area contributed by atoms with Gasteiger partial charge in [-0.25, -0.2) is 4.98 Å². The zero-order valence-electron chi connectivity index (χ0n) is 16.2. The molecule has 0 aliphatic rings. The average Bonchev–Trinajstić information content (AvgIpc) is 2.72. The summed E-state index contributed by atoms with van der Waals surface area (Å²) < 4.78 is 0. The van der Waals surface area contributed by atoms with E-state index in [0.29, 0.717) is 38.3 Å². The highest BCUT2D eigenvalue weighted by Gasteiger charge is 2.18. The first kappa shape index (κ1) is 20.2. The molecule has 7 heteroatoms. The van der Waals surface area contributed by atoms with Crippen LogP contribution in [0, 0.1) is 6.92 Å². The van der Waals surface area contributed by atoms with Gasteiger partial charge < -0.3 is 9.97 Å². The van der Waals surface area contributed by atoms with Gasteiger partial charge in [0.15, 0.2) is 5.16 Å². The van der Waals surface area contributed by atoms with Gasteiger partial charge in [-0.15, -0.1) is 6.58 Å². The quantitative estimate of drug-likeness (QED) is 0.337. The lowest BCUT2D eigenvalue weighted by Crippen LogP contribution is -2.17.